The molecule has 0 radical (unpaired) electrons. The molecule has 0 bridgehead atoms. The van der Waals surface area contributed by atoms with Crippen LogP contribution in [0.5, 0.6) is 0 Å². The van der Waals surface area contributed by atoms with Crippen molar-refractivity contribution in [3.8, 4) is 11.6 Å². The zero-order valence-electron chi connectivity index (χ0n) is 19.3. The predicted octanol–water partition coefficient (Wildman–Crippen LogP) is 7.04. The van der Waals surface area contributed by atoms with Gasteiger partial charge in [0.25, 0.3) is 0 Å². The van der Waals surface area contributed by atoms with E-state index in [9.17, 15) is 26.3 Å². The average Bonchev–Trinajstić information content (AvgIpc) is 3.37. The van der Waals surface area contributed by atoms with Gasteiger partial charge in [-0.15, -0.1) is 0 Å². The molecule has 0 aliphatic carbocycles. The van der Waals surface area contributed by atoms with E-state index in [1.54, 1.807) is 26.0 Å². The van der Waals surface area contributed by atoms with Gasteiger partial charge in [-0.2, -0.15) is 26.3 Å². The van der Waals surface area contributed by atoms with Crippen molar-refractivity contribution < 1.29 is 26.3 Å². The van der Waals surface area contributed by atoms with E-state index in [1.807, 2.05) is 42.8 Å². The highest BCUT2D eigenvalue weighted by Crippen LogP contribution is 2.38. The van der Waals surface area contributed by atoms with Gasteiger partial charge in [-0.05, 0) is 69.7 Å². The molecule has 35 heavy (non-hydrogen) atoms. The van der Waals surface area contributed by atoms with E-state index >= 15 is 0 Å². The van der Waals surface area contributed by atoms with Gasteiger partial charge in [0.15, 0.2) is 0 Å². The number of nitrogens with zero attached hydrogens (tertiary/aromatic N) is 4. The summed E-state index contributed by atoms with van der Waals surface area (Å²) in [5.41, 5.74) is -0.707. The number of aryl methyl sites for hydroxylation is 2. The monoisotopic (exact) mass is 492 g/mol. The number of hydrogen-bond donors (Lipinski definition) is 0. The lowest BCUT2D eigenvalue weighted by Gasteiger charge is -2.25. The van der Waals surface area contributed by atoms with E-state index < -0.39 is 29.0 Å². The first-order chi connectivity index (χ1) is 16.2. The van der Waals surface area contributed by atoms with Gasteiger partial charge in [-0.3, -0.25) is 4.57 Å². The quantitative estimate of drug-likeness (QED) is 0.287. The number of halogens is 6. The number of aromatic nitrogens is 4. The van der Waals surface area contributed by atoms with Crippen LogP contribution in [-0.4, -0.2) is 19.1 Å². The summed E-state index contributed by atoms with van der Waals surface area (Å²) in [5, 5.41) is 0. The van der Waals surface area contributed by atoms with Crippen molar-refractivity contribution in [2.45, 2.75) is 45.5 Å². The molecule has 0 unspecified atom stereocenters. The van der Waals surface area contributed by atoms with Crippen LogP contribution in [0.15, 0.2) is 60.9 Å². The Morgan fingerprint density at radius 3 is 1.69 bits per heavy atom. The Kier molecular flexibility index (Phi) is 5.81. The van der Waals surface area contributed by atoms with Crippen molar-refractivity contribution in [3.05, 3.63) is 94.8 Å². The molecule has 0 amide bonds. The van der Waals surface area contributed by atoms with Crippen LogP contribution < -0.4 is 0 Å². The largest absolute Gasteiger partial charge is 0.431 e. The van der Waals surface area contributed by atoms with Crippen LogP contribution in [-0.2, 0) is 17.8 Å². The summed E-state index contributed by atoms with van der Waals surface area (Å²) in [5.74, 6) is 0.392. The van der Waals surface area contributed by atoms with Gasteiger partial charge in [-0.25, -0.2) is 9.97 Å². The van der Waals surface area contributed by atoms with Gasteiger partial charge in [0.05, 0.1) is 17.0 Å². The first-order valence-electron chi connectivity index (χ1n) is 10.7. The lowest BCUT2D eigenvalue weighted by molar-refractivity contribution is -0.143. The van der Waals surface area contributed by atoms with E-state index in [0.29, 0.717) is 28.0 Å². The van der Waals surface area contributed by atoms with Crippen molar-refractivity contribution >= 4 is 0 Å². The fraction of sp³-hybridized carbons (Fsp3) is 0.280. The SMILES string of the molecule is Cc1cc(C)n(-c2cccc(C(C)(C)c3cccc(-n4cc(C(F)(F)F)cc4C(F)(F)F)n3)n2)c1. The third-order valence-electron chi connectivity index (χ3n) is 5.83. The molecule has 4 nitrogen and oxygen atoms in total. The standard InChI is InChI=1S/C25H22F6N4/c1-15-11-16(2)34(13-15)21-9-5-7-18(32-21)23(3,4)19-8-6-10-22(33-19)35-14-17(24(26,27)28)12-20(35)25(29,30)31/h5-14H,1-4H3. The Morgan fingerprint density at radius 1 is 0.686 bits per heavy atom. The van der Waals surface area contributed by atoms with Crippen molar-refractivity contribution in [3.63, 3.8) is 0 Å². The topological polar surface area (TPSA) is 35.6 Å². The normalized spacial score (nSPS) is 12.9. The Labute approximate surface area is 197 Å². The van der Waals surface area contributed by atoms with Gasteiger partial charge in [0.2, 0.25) is 0 Å². The van der Waals surface area contributed by atoms with E-state index in [-0.39, 0.29) is 11.9 Å². The summed E-state index contributed by atoms with van der Waals surface area (Å²) >= 11 is 0. The highest BCUT2D eigenvalue weighted by Gasteiger charge is 2.41. The molecule has 4 rings (SSSR count). The molecular formula is C25H22F6N4. The lowest BCUT2D eigenvalue weighted by Crippen LogP contribution is -2.23. The van der Waals surface area contributed by atoms with Crippen LogP contribution in [0.3, 0.4) is 0 Å². The van der Waals surface area contributed by atoms with Crippen LogP contribution in [0.25, 0.3) is 11.6 Å². The second-order valence-corrected chi connectivity index (χ2v) is 8.90. The molecule has 4 aromatic heterocycles. The van der Waals surface area contributed by atoms with Crippen molar-refractivity contribution in [2.75, 3.05) is 0 Å². The summed E-state index contributed by atoms with van der Waals surface area (Å²) in [6.07, 6.45) is -7.57. The van der Waals surface area contributed by atoms with Gasteiger partial charge in [0, 0.05) is 23.5 Å². The van der Waals surface area contributed by atoms with E-state index in [4.69, 9.17) is 4.98 Å². The maximum absolute atomic E-state index is 13.5. The van der Waals surface area contributed by atoms with Crippen LogP contribution in [0, 0.1) is 13.8 Å². The van der Waals surface area contributed by atoms with Crippen LogP contribution >= 0.6 is 0 Å². The fourth-order valence-electron chi connectivity index (χ4n) is 3.96. The molecule has 184 valence electrons. The molecule has 0 saturated heterocycles. The summed E-state index contributed by atoms with van der Waals surface area (Å²) in [4.78, 5) is 9.08. The highest BCUT2D eigenvalue weighted by molar-refractivity contribution is 5.40. The lowest BCUT2D eigenvalue weighted by atomic mass is 9.84. The fourth-order valence-corrected chi connectivity index (χ4v) is 3.96. The van der Waals surface area contributed by atoms with E-state index in [2.05, 4.69) is 4.98 Å². The molecule has 0 aliphatic heterocycles. The predicted molar refractivity (Wildman–Crippen MR) is 119 cm³/mol. The Balaban J connectivity index is 1.79. The Morgan fingerprint density at radius 2 is 1.23 bits per heavy atom. The number of pyridine rings is 2. The Hall–Kier alpha value is -3.56. The molecule has 0 aliphatic rings. The zero-order valence-corrected chi connectivity index (χ0v) is 19.3. The minimum Gasteiger partial charge on any atom is -0.306 e. The van der Waals surface area contributed by atoms with Gasteiger partial charge >= 0.3 is 12.4 Å². The minimum absolute atomic E-state index is 0.0892. The first-order valence-corrected chi connectivity index (χ1v) is 10.7. The Bertz CT molecular complexity index is 1380. The third-order valence-corrected chi connectivity index (χ3v) is 5.83. The minimum atomic E-state index is -5.00. The van der Waals surface area contributed by atoms with Gasteiger partial charge in [-0.1, -0.05) is 12.1 Å². The van der Waals surface area contributed by atoms with Crippen molar-refractivity contribution in [1.82, 2.24) is 19.1 Å². The maximum atomic E-state index is 13.5. The molecular weight excluding hydrogens is 470 g/mol. The molecule has 0 atom stereocenters. The maximum Gasteiger partial charge on any atom is 0.431 e. The number of alkyl halides is 6. The molecule has 4 aromatic rings. The summed E-state index contributed by atoms with van der Waals surface area (Å²) in [7, 11) is 0. The smallest absolute Gasteiger partial charge is 0.306 e. The summed E-state index contributed by atoms with van der Waals surface area (Å²) < 4.78 is 82.5. The van der Waals surface area contributed by atoms with Gasteiger partial charge < -0.3 is 4.57 Å². The van der Waals surface area contributed by atoms with Crippen LogP contribution in [0.4, 0.5) is 26.3 Å². The molecule has 10 heteroatoms. The van der Waals surface area contributed by atoms with E-state index in [1.165, 1.54) is 12.1 Å². The highest BCUT2D eigenvalue weighted by atomic mass is 19.4. The van der Waals surface area contributed by atoms with Gasteiger partial charge in [0.1, 0.15) is 17.3 Å². The van der Waals surface area contributed by atoms with Crippen molar-refractivity contribution in [1.29, 1.82) is 0 Å². The number of rotatable bonds is 4. The average molecular weight is 492 g/mol. The molecule has 0 spiro atoms. The van der Waals surface area contributed by atoms with Crippen LogP contribution in [0.1, 0.15) is 47.8 Å². The van der Waals surface area contributed by atoms with E-state index in [0.717, 1.165) is 11.3 Å². The van der Waals surface area contributed by atoms with Crippen LogP contribution in [0.2, 0.25) is 0 Å². The molecule has 0 saturated carbocycles. The summed E-state index contributed by atoms with van der Waals surface area (Å²) in [6.45, 7) is 7.52. The first kappa shape index (κ1) is 24.6. The summed E-state index contributed by atoms with van der Waals surface area (Å²) in [6, 6.07) is 11.9. The molecule has 0 aromatic carbocycles. The third kappa shape index (κ3) is 4.69. The van der Waals surface area contributed by atoms with Crippen molar-refractivity contribution in [2.24, 2.45) is 0 Å². The zero-order chi connectivity index (χ0) is 25.8. The molecule has 0 fully saturated rings. The molecule has 0 N–H and O–H groups in total. The second-order valence-electron chi connectivity index (χ2n) is 8.90. The number of hydrogen-bond acceptors (Lipinski definition) is 2. The molecule has 4 heterocycles. The second kappa shape index (κ2) is 8.28.